The maximum atomic E-state index is 5.33. The molecule has 5 nitrogen and oxygen atoms in total. The SMILES string of the molecule is COc1c(CNCc2ccoc2)c(C)nn1C. The van der Waals surface area contributed by atoms with Crippen LogP contribution in [0.4, 0.5) is 0 Å². The molecule has 2 rings (SSSR count). The van der Waals surface area contributed by atoms with Crippen molar-refractivity contribution in [3.63, 3.8) is 0 Å². The summed E-state index contributed by atoms with van der Waals surface area (Å²) in [6, 6.07) is 1.94. The van der Waals surface area contributed by atoms with E-state index in [9.17, 15) is 0 Å². The number of aryl methyl sites for hydroxylation is 2. The van der Waals surface area contributed by atoms with E-state index in [-0.39, 0.29) is 0 Å². The summed E-state index contributed by atoms with van der Waals surface area (Å²) in [7, 11) is 3.54. The average Bonchev–Trinajstić information content (AvgIpc) is 2.88. The van der Waals surface area contributed by atoms with Crippen LogP contribution < -0.4 is 10.1 Å². The van der Waals surface area contributed by atoms with Gasteiger partial charge in [-0.1, -0.05) is 0 Å². The first kappa shape index (κ1) is 11.7. The van der Waals surface area contributed by atoms with Gasteiger partial charge in [-0.05, 0) is 13.0 Å². The van der Waals surface area contributed by atoms with Gasteiger partial charge in [-0.15, -0.1) is 0 Å². The van der Waals surface area contributed by atoms with Crippen LogP contribution >= 0.6 is 0 Å². The summed E-state index contributed by atoms with van der Waals surface area (Å²) < 4.78 is 12.1. The van der Waals surface area contributed by atoms with Gasteiger partial charge in [0.25, 0.3) is 0 Å². The van der Waals surface area contributed by atoms with Gasteiger partial charge < -0.3 is 14.5 Å². The molecule has 0 bridgehead atoms. The van der Waals surface area contributed by atoms with Crippen molar-refractivity contribution in [2.75, 3.05) is 7.11 Å². The molecule has 0 radical (unpaired) electrons. The predicted octanol–water partition coefficient (Wildman–Crippen LogP) is 1.62. The molecule has 0 aliphatic carbocycles. The molecule has 2 heterocycles. The van der Waals surface area contributed by atoms with E-state index in [1.807, 2.05) is 20.0 Å². The molecule has 0 unspecified atom stereocenters. The molecule has 0 amide bonds. The summed E-state index contributed by atoms with van der Waals surface area (Å²) in [5.74, 6) is 0.808. The van der Waals surface area contributed by atoms with E-state index in [2.05, 4.69) is 10.4 Å². The number of ether oxygens (including phenoxy) is 1. The second-order valence-corrected chi connectivity index (χ2v) is 3.93. The van der Waals surface area contributed by atoms with Crippen LogP contribution in [0.1, 0.15) is 16.8 Å². The minimum Gasteiger partial charge on any atom is -0.481 e. The fourth-order valence-electron chi connectivity index (χ4n) is 1.86. The lowest BCUT2D eigenvalue weighted by Gasteiger charge is -2.05. The van der Waals surface area contributed by atoms with Crippen molar-refractivity contribution in [2.45, 2.75) is 20.0 Å². The average molecular weight is 235 g/mol. The fraction of sp³-hybridized carbons (Fsp3) is 0.417. The van der Waals surface area contributed by atoms with Crippen LogP contribution in [-0.2, 0) is 20.1 Å². The lowest BCUT2D eigenvalue weighted by Crippen LogP contribution is -2.13. The predicted molar refractivity (Wildman–Crippen MR) is 63.7 cm³/mol. The summed E-state index contributed by atoms with van der Waals surface area (Å²) in [5, 5.41) is 7.67. The molecule has 0 saturated heterocycles. The Balaban J connectivity index is 1.99. The van der Waals surface area contributed by atoms with Crippen molar-refractivity contribution < 1.29 is 9.15 Å². The van der Waals surface area contributed by atoms with Crippen molar-refractivity contribution in [1.82, 2.24) is 15.1 Å². The van der Waals surface area contributed by atoms with E-state index >= 15 is 0 Å². The third-order valence-corrected chi connectivity index (χ3v) is 2.69. The number of methoxy groups -OCH3 is 1. The van der Waals surface area contributed by atoms with Gasteiger partial charge in [-0.3, -0.25) is 0 Å². The zero-order valence-corrected chi connectivity index (χ0v) is 10.4. The molecule has 5 heteroatoms. The van der Waals surface area contributed by atoms with Crippen LogP contribution in [0.3, 0.4) is 0 Å². The molecule has 0 saturated carbocycles. The lowest BCUT2D eigenvalue weighted by atomic mass is 10.2. The van der Waals surface area contributed by atoms with Crippen LogP contribution in [0.25, 0.3) is 0 Å². The first-order valence-electron chi connectivity index (χ1n) is 5.50. The molecule has 92 valence electrons. The zero-order chi connectivity index (χ0) is 12.3. The topological polar surface area (TPSA) is 52.2 Å². The Morgan fingerprint density at radius 2 is 2.29 bits per heavy atom. The Hall–Kier alpha value is -1.75. The number of hydrogen-bond acceptors (Lipinski definition) is 4. The Morgan fingerprint density at radius 3 is 2.94 bits per heavy atom. The first-order valence-corrected chi connectivity index (χ1v) is 5.50. The minimum absolute atomic E-state index is 0.730. The lowest BCUT2D eigenvalue weighted by molar-refractivity contribution is 0.368. The number of hydrogen-bond donors (Lipinski definition) is 1. The monoisotopic (exact) mass is 235 g/mol. The highest BCUT2D eigenvalue weighted by Gasteiger charge is 2.12. The van der Waals surface area contributed by atoms with Gasteiger partial charge in [0, 0.05) is 25.7 Å². The van der Waals surface area contributed by atoms with Crippen LogP contribution in [0.5, 0.6) is 5.88 Å². The number of aromatic nitrogens is 2. The molecule has 0 aliphatic rings. The number of rotatable bonds is 5. The molecule has 0 spiro atoms. The molecular formula is C12H17N3O2. The summed E-state index contributed by atoms with van der Waals surface area (Å²) >= 11 is 0. The van der Waals surface area contributed by atoms with E-state index in [0.29, 0.717) is 0 Å². The smallest absolute Gasteiger partial charge is 0.216 e. The largest absolute Gasteiger partial charge is 0.481 e. The fourth-order valence-corrected chi connectivity index (χ4v) is 1.86. The van der Waals surface area contributed by atoms with Gasteiger partial charge in [0.15, 0.2) is 0 Å². The van der Waals surface area contributed by atoms with Gasteiger partial charge in [-0.2, -0.15) is 5.10 Å². The maximum Gasteiger partial charge on any atom is 0.216 e. The minimum atomic E-state index is 0.730. The van der Waals surface area contributed by atoms with E-state index < -0.39 is 0 Å². The number of nitrogens with one attached hydrogen (secondary N) is 1. The van der Waals surface area contributed by atoms with Crippen molar-refractivity contribution in [2.24, 2.45) is 7.05 Å². The van der Waals surface area contributed by atoms with Gasteiger partial charge in [0.05, 0.1) is 30.9 Å². The number of nitrogens with zero attached hydrogens (tertiary/aromatic N) is 2. The molecule has 1 N–H and O–H groups in total. The molecular weight excluding hydrogens is 218 g/mol. The normalized spacial score (nSPS) is 10.8. The second kappa shape index (κ2) is 5.05. The van der Waals surface area contributed by atoms with E-state index in [1.165, 1.54) is 0 Å². The zero-order valence-electron chi connectivity index (χ0n) is 10.4. The van der Waals surface area contributed by atoms with Crippen molar-refractivity contribution in [3.8, 4) is 5.88 Å². The Morgan fingerprint density at radius 1 is 1.47 bits per heavy atom. The molecule has 0 atom stereocenters. The first-order chi connectivity index (χ1) is 8.22. The third-order valence-electron chi connectivity index (χ3n) is 2.69. The summed E-state index contributed by atoms with van der Waals surface area (Å²) in [6.07, 6.45) is 3.41. The van der Waals surface area contributed by atoms with Crippen molar-refractivity contribution >= 4 is 0 Å². The molecule has 0 fully saturated rings. The molecule has 0 aromatic carbocycles. The van der Waals surface area contributed by atoms with Crippen molar-refractivity contribution in [1.29, 1.82) is 0 Å². The quantitative estimate of drug-likeness (QED) is 0.855. The highest BCUT2D eigenvalue weighted by atomic mass is 16.5. The second-order valence-electron chi connectivity index (χ2n) is 3.93. The standard InChI is InChI=1S/C12H17N3O2/c1-9-11(12(16-3)15(2)14-9)7-13-6-10-4-5-17-8-10/h4-5,8,13H,6-7H2,1-3H3. The van der Waals surface area contributed by atoms with Crippen molar-refractivity contribution in [3.05, 3.63) is 35.4 Å². The van der Waals surface area contributed by atoms with Gasteiger partial charge in [-0.25, -0.2) is 4.68 Å². The van der Waals surface area contributed by atoms with Crippen LogP contribution in [-0.4, -0.2) is 16.9 Å². The van der Waals surface area contributed by atoms with E-state index in [0.717, 1.165) is 35.8 Å². The highest BCUT2D eigenvalue weighted by Crippen LogP contribution is 2.20. The van der Waals surface area contributed by atoms with Crippen LogP contribution in [0, 0.1) is 6.92 Å². The summed E-state index contributed by atoms with van der Waals surface area (Å²) in [4.78, 5) is 0. The molecule has 17 heavy (non-hydrogen) atoms. The molecule has 2 aromatic rings. The molecule has 2 aromatic heterocycles. The maximum absolute atomic E-state index is 5.33. The molecule has 0 aliphatic heterocycles. The van der Waals surface area contributed by atoms with Crippen LogP contribution in [0.15, 0.2) is 23.0 Å². The summed E-state index contributed by atoms with van der Waals surface area (Å²) in [5.41, 5.74) is 3.22. The van der Waals surface area contributed by atoms with Gasteiger partial charge in [0.2, 0.25) is 5.88 Å². The Kier molecular flexibility index (Phi) is 3.49. The Bertz CT molecular complexity index is 474. The number of furan rings is 1. The van der Waals surface area contributed by atoms with E-state index in [1.54, 1.807) is 24.3 Å². The summed E-state index contributed by atoms with van der Waals surface area (Å²) in [6.45, 7) is 3.49. The third kappa shape index (κ3) is 2.50. The van der Waals surface area contributed by atoms with Gasteiger partial charge >= 0.3 is 0 Å². The van der Waals surface area contributed by atoms with Crippen LogP contribution in [0.2, 0.25) is 0 Å². The Labute approximate surface area is 100 Å². The van der Waals surface area contributed by atoms with Gasteiger partial charge in [0.1, 0.15) is 0 Å². The van der Waals surface area contributed by atoms with E-state index in [4.69, 9.17) is 9.15 Å². The highest BCUT2D eigenvalue weighted by molar-refractivity contribution is 5.30.